The number of carbonyl (C=O) groups is 1. The molecular formula is C21H32F2N6OS2. The molecule has 3 rings (SSSR count). The highest BCUT2D eigenvalue weighted by molar-refractivity contribution is 7.99. The van der Waals surface area contributed by atoms with Crippen LogP contribution in [0.25, 0.3) is 0 Å². The number of nitrogens with zero attached hydrogens (tertiary/aromatic N) is 4. The average Bonchev–Trinajstić information content (AvgIpc) is 3.27. The highest BCUT2D eigenvalue weighted by Crippen LogP contribution is 2.37. The molecule has 2 N–H and O–H groups in total. The maximum atomic E-state index is 14.3. The van der Waals surface area contributed by atoms with Gasteiger partial charge >= 0.3 is 6.03 Å². The lowest BCUT2D eigenvalue weighted by Gasteiger charge is -2.40. The van der Waals surface area contributed by atoms with Gasteiger partial charge in [0, 0.05) is 36.0 Å². The number of hydrogen-bond acceptors (Lipinski definition) is 6. The second kappa shape index (κ2) is 9.96. The van der Waals surface area contributed by atoms with Gasteiger partial charge in [0.25, 0.3) is 5.92 Å². The fourth-order valence-corrected chi connectivity index (χ4v) is 5.63. The Morgan fingerprint density at radius 2 is 2.03 bits per heavy atom. The van der Waals surface area contributed by atoms with Crippen molar-refractivity contribution in [1.29, 1.82) is 0 Å². The maximum absolute atomic E-state index is 14.3. The van der Waals surface area contributed by atoms with Gasteiger partial charge in [-0.2, -0.15) is 5.10 Å². The summed E-state index contributed by atoms with van der Waals surface area (Å²) in [5.41, 5.74) is 1.46. The van der Waals surface area contributed by atoms with Crippen LogP contribution in [-0.4, -0.2) is 52.8 Å². The molecule has 0 aromatic carbocycles. The quantitative estimate of drug-likeness (QED) is 0.523. The van der Waals surface area contributed by atoms with Crippen molar-refractivity contribution in [2.75, 3.05) is 29.8 Å². The number of piperidine rings is 1. The van der Waals surface area contributed by atoms with Crippen LogP contribution in [0.2, 0.25) is 0 Å². The van der Waals surface area contributed by atoms with Crippen molar-refractivity contribution >= 4 is 40.9 Å². The van der Waals surface area contributed by atoms with Gasteiger partial charge in [-0.1, -0.05) is 27.7 Å². The number of aryl methyl sites for hydroxylation is 1. The number of urea groups is 1. The fraction of sp³-hybridized carbons (Fsp3) is 0.619. The lowest BCUT2D eigenvalue weighted by Crippen LogP contribution is -2.53. The summed E-state index contributed by atoms with van der Waals surface area (Å²) in [7, 11) is 3.45. The SMILES string of the molecule is CC(C)c1cc(NC(=O)NSN(c2cnn(C)c2)C2CN(C)CC(F)(F)C2)c(C(C)C)s1. The number of likely N-dealkylation sites (tertiary alicyclic amines) is 1. The third kappa shape index (κ3) is 6.14. The highest BCUT2D eigenvalue weighted by Gasteiger charge is 2.42. The zero-order valence-corrected chi connectivity index (χ0v) is 21.0. The Morgan fingerprint density at radius 1 is 1.31 bits per heavy atom. The van der Waals surface area contributed by atoms with Crippen LogP contribution in [0.15, 0.2) is 18.5 Å². The molecule has 0 spiro atoms. The van der Waals surface area contributed by atoms with E-state index >= 15 is 0 Å². The molecule has 32 heavy (non-hydrogen) atoms. The zero-order chi connectivity index (χ0) is 23.6. The minimum Gasteiger partial charge on any atom is -0.306 e. The minimum absolute atomic E-state index is 0.267. The Bertz CT molecular complexity index is 929. The molecule has 1 atom stereocenters. The number of alkyl halides is 2. The van der Waals surface area contributed by atoms with Crippen molar-refractivity contribution in [2.45, 2.75) is 57.9 Å². The molecule has 0 aliphatic carbocycles. The molecule has 2 amide bonds. The van der Waals surface area contributed by atoms with Gasteiger partial charge in [-0.05, 0) is 24.9 Å². The van der Waals surface area contributed by atoms with Gasteiger partial charge < -0.3 is 5.32 Å². The number of likely N-dealkylation sites (N-methyl/N-ethyl adjacent to an activating group) is 1. The van der Waals surface area contributed by atoms with E-state index in [1.807, 2.05) is 6.07 Å². The molecule has 0 radical (unpaired) electrons. The molecule has 1 unspecified atom stereocenters. The molecule has 1 fully saturated rings. The zero-order valence-electron chi connectivity index (χ0n) is 19.4. The smallest absolute Gasteiger partial charge is 0.306 e. The van der Waals surface area contributed by atoms with Crippen LogP contribution in [0, 0.1) is 0 Å². The number of hydrogen-bond donors (Lipinski definition) is 2. The summed E-state index contributed by atoms with van der Waals surface area (Å²) in [5, 5.41) is 7.11. The molecule has 0 bridgehead atoms. The average molecular weight is 487 g/mol. The minimum atomic E-state index is -2.79. The van der Waals surface area contributed by atoms with Gasteiger partial charge in [0.2, 0.25) is 0 Å². The first-order valence-electron chi connectivity index (χ1n) is 10.7. The van der Waals surface area contributed by atoms with E-state index in [1.54, 1.807) is 51.7 Å². The number of nitrogens with one attached hydrogen (secondary N) is 2. The lowest BCUT2D eigenvalue weighted by atomic mass is 10.0. The van der Waals surface area contributed by atoms with E-state index in [4.69, 9.17) is 0 Å². The van der Waals surface area contributed by atoms with Crippen LogP contribution in [0.4, 0.5) is 25.0 Å². The van der Waals surface area contributed by atoms with Crippen LogP contribution < -0.4 is 14.3 Å². The van der Waals surface area contributed by atoms with Gasteiger partial charge in [0.1, 0.15) is 0 Å². The Balaban J connectivity index is 1.73. The number of anilines is 2. The second-order valence-corrected chi connectivity index (χ2v) is 10.9. The van der Waals surface area contributed by atoms with Gasteiger partial charge in [-0.25, -0.2) is 13.6 Å². The fourth-order valence-electron chi connectivity index (χ4n) is 3.78. The van der Waals surface area contributed by atoms with E-state index in [-0.39, 0.29) is 18.9 Å². The largest absolute Gasteiger partial charge is 0.330 e. The number of halogens is 2. The van der Waals surface area contributed by atoms with Crippen LogP contribution in [0.5, 0.6) is 0 Å². The molecule has 1 aliphatic heterocycles. The van der Waals surface area contributed by atoms with Crippen LogP contribution in [0.1, 0.15) is 55.7 Å². The summed E-state index contributed by atoms with van der Waals surface area (Å²) in [4.78, 5) is 16.7. The van der Waals surface area contributed by atoms with Crippen LogP contribution in [0.3, 0.4) is 0 Å². The standard InChI is InChI=1S/C21H32F2N6OS2/c1-13(2)18-7-17(19(31-18)14(3)4)25-20(30)26-32-29(16-9-24-28(6)11-16)15-8-21(22,23)12-27(5)10-15/h7,9,11,13-15H,8,10,12H2,1-6H3,(H2,25,26,30). The second-order valence-electron chi connectivity index (χ2n) is 8.99. The maximum Gasteiger partial charge on any atom is 0.330 e. The molecule has 7 nitrogen and oxygen atoms in total. The summed E-state index contributed by atoms with van der Waals surface area (Å²) in [5.74, 6) is -2.14. The monoisotopic (exact) mass is 486 g/mol. The molecule has 1 aliphatic rings. The van der Waals surface area contributed by atoms with E-state index in [2.05, 4.69) is 42.8 Å². The summed E-state index contributed by atoms with van der Waals surface area (Å²) in [6.07, 6.45) is 3.08. The first-order valence-corrected chi connectivity index (χ1v) is 12.3. The van der Waals surface area contributed by atoms with Crippen molar-refractivity contribution in [3.05, 3.63) is 28.2 Å². The molecule has 0 saturated carbocycles. The molecule has 2 aromatic rings. The lowest BCUT2D eigenvalue weighted by molar-refractivity contribution is -0.0627. The Labute approximate surface area is 196 Å². The Morgan fingerprint density at radius 3 is 2.59 bits per heavy atom. The van der Waals surface area contributed by atoms with E-state index in [9.17, 15) is 13.6 Å². The molecule has 1 saturated heterocycles. The third-order valence-electron chi connectivity index (χ3n) is 5.19. The normalized spacial score (nSPS) is 18.9. The van der Waals surface area contributed by atoms with Crippen molar-refractivity contribution in [3.8, 4) is 0 Å². The Kier molecular flexibility index (Phi) is 7.72. The van der Waals surface area contributed by atoms with Gasteiger partial charge in [0.15, 0.2) is 0 Å². The van der Waals surface area contributed by atoms with Gasteiger partial charge in [0.05, 0.1) is 42.3 Å². The first kappa shape index (κ1) is 24.8. The van der Waals surface area contributed by atoms with Crippen LogP contribution >= 0.6 is 23.5 Å². The van der Waals surface area contributed by atoms with Crippen molar-refractivity contribution in [1.82, 2.24) is 19.4 Å². The number of amides is 2. The molecule has 2 aromatic heterocycles. The number of aromatic nitrogens is 2. The number of carbonyl (C=O) groups excluding carboxylic acids is 1. The van der Waals surface area contributed by atoms with Gasteiger partial charge in [-0.3, -0.25) is 18.6 Å². The van der Waals surface area contributed by atoms with E-state index in [0.29, 0.717) is 18.2 Å². The third-order valence-corrected chi connectivity index (χ3v) is 7.91. The van der Waals surface area contributed by atoms with Crippen molar-refractivity contribution in [2.24, 2.45) is 7.05 Å². The summed E-state index contributed by atoms with van der Waals surface area (Å²) in [6, 6.07) is 1.14. The predicted molar refractivity (Wildman–Crippen MR) is 129 cm³/mol. The topological polar surface area (TPSA) is 65.4 Å². The summed E-state index contributed by atoms with van der Waals surface area (Å²) < 4.78 is 34.6. The van der Waals surface area contributed by atoms with Crippen molar-refractivity contribution < 1.29 is 13.6 Å². The van der Waals surface area contributed by atoms with E-state index in [1.165, 1.54) is 4.88 Å². The van der Waals surface area contributed by atoms with E-state index < -0.39 is 18.0 Å². The molecule has 178 valence electrons. The molecule has 11 heteroatoms. The summed E-state index contributed by atoms with van der Waals surface area (Å²) >= 11 is 2.72. The molecule has 3 heterocycles. The number of rotatable bonds is 7. The predicted octanol–water partition coefficient (Wildman–Crippen LogP) is 5.26. The highest BCUT2D eigenvalue weighted by atomic mass is 32.2. The number of thiophene rings is 1. The van der Waals surface area contributed by atoms with Gasteiger partial charge in [-0.15, -0.1) is 11.3 Å². The van der Waals surface area contributed by atoms with Crippen LogP contribution in [-0.2, 0) is 7.05 Å². The first-order chi connectivity index (χ1) is 14.9. The molecular weight excluding hydrogens is 454 g/mol. The summed E-state index contributed by atoms with van der Waals surface area (Å²) in [6.45, 7) is 8.63. The van der Waals surface area contributed by atoms with Crippen molar-refractivity contribution in [3.63, 3.8) is 0 Å². The van der Waals surface area contributed by atoms with E-state index in [0.717, 1.165) is 22.7 Å². The Hall–Kier alpha value is -1.85.